The zero-order valence-electron chi connectivity index (χ0n) is 15.7. The van der Waals surface area contributed by atoms with Gasteiger partial charge in [-0.1, -0.05) is 49.2 Å². The maximum Gasteiger partial charge on any atom is 0.335 e. The van der Waals surface area contributed by atoms with E-state index in [4.69, 9.17) is 23.2 Å². The van der Waals surface area contributed by atoms with Crippen molar-refractivity contribution in [2.75, 3.05) is 4.90 Å². The third kappa shape index (κ3) is 4.13. The van der Waals surface area contributed by atoms with Crippen LogP contribution in [0.15, 0.2) is 42.0 Å². The number of barbiturate groups is 1. The monoisotopic (exact) mass is 432 g/mol. The minimum atomic E-state index is -0.826. The van der Waals surface area contributed by atoms with E-state index in [0.717, 1.165) is 16.9 Å². The summed E-state index contributed by atoms with van der Waals surface area (Å²) in [4.78, 5) is 38.4. The number of carbonyl (C=O) groups is 3. The zero-order valence-corrected chi connectivity index (χ0v) is 17.2. The fourth-order valence-electron chi connectivity index (χ4n) is 2.91. The number of urea groups is 1. The van der Waals surface area contributed by atoms with Gasteiger partial charge >= 0.3 is 6.03 Å². The number of rotatable bonds is 4. The van der Waals surface area contributed by atoms with Gasteiger partial charge in [-0.3, -0.25) is 14.9 Å². The highest BCUT2D eigenvalue weighted by molar-refractivity contribution is 6.40. The largest absolute Gasteiger partial charge is 0.505 e. The lowest BCUT2D eigenvalue weighted by Crippen LogP contribution is -2.54. The summed E-state index contributed by atoms with van der Waals surface area (Å²) in [5.74, 6) is -1.55. The quantitative estimate of drug-likeness (QED) is 0.532. The van der Waals surface area contributed by atoms with E-state index in [2.05, 4.69) is 19.2 Å². The molecule has 1 aliphatic heterocycles. The van der Waals surface area contributed by atoms with E-state index in [1.165, 1.54) is 18.2 Å². The summed E-state index contributed by atoms with van der Waals surface area (Å²) in [6, 6.07) is 8.93. The highest BCUT2D eigenvalue weighted by atomic mass is 35.5. The van der Waals surface area contributed by atoms with Crippen molar-refractivity contribution in [3.05, 3.63) is 63.1 Å². The number of phenolic OH excluding ortho intramolecular Hbond substituents is 1. The number of nitrogens with zero attached hydrogens (tertiary/aromatic N) is 1. The molecule has 2 aromatic rings. The van der Waals surface area contributed by atoms with Crippen LogP contribution in [0, 0.1) is 0 Å². The van der Waals surface area contributed by atoms with E-state index in [-0.39, 0.29) is 21.4 Å². The first-order valence-corrected chi connectivity index (χ1v) is 9.68. The first kappa shape index (κ1) is 20.9. The van der Waals surface area contributed by atoms with Gasteiger partial charge in [-0.05, 0) is 53.8 Å². The molecule has 29 heavy (non-hydrogen) atoms. The number of amides is 4. The molecule has 0 unspecified atom stereocenters. The van der Waals surface area contributed by atoms with Gasteiger partial charge in [-0.25, -0.2) is 9.69 Å². The average molecular weight is 433 g/mol. The molecule has 1 fully saturated rings. The van der Waals surface area contributed by atoms with Crippen LogP contribution in [0.4, 0.5) is 10.5 Å². The van der Waals surface area contributed by atoms with Crippen molar-refractivity contribution in [3.63, 3.8) is 0 Å². The molecular weight excluding hydrogens is 415 g/mol. The zero-order chi connectivity index (χ0) is 21.3. The van der Waals surface area contributed by atoms with Crippen molar-refractivity contribution in [1.29, 1.82) is 0 Å². The second-order valence-electron chi connectivity index (χ2n) is 6.69. The summed E-state index contributed by atoms with van der Waals surface area (Å²) in [5.41, 5.74) is 1.51. The van der Waals surface area contributed by atoms with Crippen molar-refractivity contribution >= 4 is 52.8 Å². The first-order valence-electron chi connectivity index (χ1n) is 8.92. The number of carbonyl (C=O) groups excluding carboxylic acids is 3. The fraction of sp³-hybridized carbons (Fsp3) is 0.190. The van der Waals surface area contributed by atoms with E-state index in [1.807, 2.05) is 12.1 Å². The van der Waals surface area contributed by atoms with Crippen LogP contribution in [0.5, 0.6) is 5.75 Å². The molecule has 2 aromatic carbocycles. The Morgan fingerprint density at radius 2 is 1.69 bits per heavy atom. The van der Waals surface area contributed by atoms with Crippen LogP contribution in [0.2, 0.25) is 10.0 Å². The van der Waals surface area contributed by atoms with Crippen molar-refractivity contribution < 1.29 is 19.5 Å². The Bertz CT molecular complexity index is 1010. The van der Waals surface area contributed by atoms with Gasteiger partial charge in [0, 0.05) is 0 Å². The van der Waals surface area contributed by atoms with Crippen LogP contribution in [0.25, 0.3) is 6.08 Å². The minimum Gasteiger partial charge on any atom is -0.505 e. The molecule has 1 atom stereocenters. The molecule has 4 amide bonds. The number of hydrogen-bond donors (Lipinski definition) is 2. The van der Waals surface area contributed by atoms with Crippen LogP contribution in [-0.4, -0.2) is 23.0 Å². The number of halogens is 2. The third-order valence-electron chi connectivity index (χ3n) is 4.78. The molecule has 6 nitrogen and oxygen atoms in total. The predicted molar refractivity (Wildman–Crippen MR) is 112 cm³/mol. The van der Waals surface area contributed by atoms with Crippen LogP contribution in [0.3, 0.4) is 0 Å². The molecule has 8 heteroatoms. The van der Waals surface area contributed by atoms with Gasteiger partial charge in [-0.2, -0.15) is 0 Å². The third-order valence-corrected chi connectivity index (χ3v) is 5.36. The lowest BCUT2D eigenvalue weighted by molar-refractivity contribution is -0.122. The normalized spacial score (nSPS) is 16.9. The van der Waals surface area contributed by atoms with E-state index in [9.17, 15) is 19.5 Å². The van der Waals surface area contributed by atoms with Crippen LogP contribution >= 0.6 is 23.2 Å². The number of nitrogens with one attached hydrogen (secondary N) is 1. The molecule has 0 bridgehead atoms. The van der Waals surface area contributed by atoms with Gasteiger partial charge in [-0.15, -0.1) is 0 Å². The Morgan fingerprint density at radius 3 is 2.24 bits per heavy atom. The number of anilines is 1. The Kier molecular flexibility index (Phi) is 5.96. The van der Waals surface area contributed by atoms with E-state index in [0.29, 0.717) is 17.2 Å². The second kappa shape index (κ2) is 8.27. The lowest BCUT2D eigenvalue weighted by Gasteiger charge is -2.26. The summed E-state index contributed by atoms with van der Waals surface area (Å²) in [5, 5.41) is 11.8. The maximum atomic E-state index is 12.9. The van der Waals surface area contributed by atoms with E-state index in [1.54, 1.807) is 12.1 Å². The van der Waals surface area contributed by atoms with Crippen molar-refractivity contribution in [2.24, 2.45) is 0 Å². The van der Waals surface area contributed by atoms with Gasteiger partial charge in [0.15, 0.2) is 5.75 Å². The number of benzene rings is 2. The highest BCUT2D eigenvalue weighted by Crippen LogP contribution is 2.34. The smallest absolute Gasteiger partial charge is 0.335 e. The Morgan fingerprint density at radius 1 is 1.10 bits per heavy atom. The van der Waals surface area contributed by atoms with Gasteiger partial charge < -0.3 is 5.11 Å². The maximum absolute atomic E-state index is 12.9. The van der Waals surface area contributed by atoms with Crippen LogP contribution in [0.1, 0.15) is 37.3 Å². The summed E-state index contributed by atoms with van der Waals surface area (Å²) < 4.78 is 0. The summed E-state index contributed by atoms with van der Waals surface area (Å²) in [6.07, 6.45) is 2.23. The summed E-state index contributed by atoms with van der Waals surface area (Å²) >= 11 is 11.8. The number of imide groups is 2. The highest BCUT2D eigenvalue weighted by Gasteiger charge is 2.36. The Hall–Kier alpha value is -2.83. The topological polar surface area (TPSA) is 86.7 Å². The second-order valence-corrected chi connectivity index (χ2v) is 7.51. The summed E-state index contributed by atoms with van der Waals surface area (Å²) in [6.45, 7) is 4.16. The molecule has 0 aliphatic carbocycles. The molecule has 3 rings (SSSR count). The number of hydrogen-bond acceptors (Lipinski definition) is 4. The van der Waals surface area contributed by atoms with Crippen LogP contribution in [-0.2, 0) is 9.59 Å². The molecule has 1 saturated heterocycles. The first-order chi connectivity index (χ1) is 13.7. The van der Waals surface area contributed by atoms with Gasteiger partial charge in [0.05, 0.1) is 15.7 Å². The van der Waals surface area contributed by atoms with Crippen LogP contribution < -0.4 is 10.2 Å². The Balaban J connectivity index is 1.98. The molecule has 2 N–H and O–H groups in total. The average Bonchev–Trinajstić information content (AvgIpc) is 2.69. The lowest BCUT2D eigenvalue weighted by atomic mass is 9.98. The van der Waals surface area contributed by atoms with Gasteiger partial charge in [0.1, 0.15) is 5.57 Å². The standard InChI is InChI=1S/C21H18Cl2N2O4/c1-3-11(2)13-4-6-14(7-5-13)25-20(28)15(19(27)24-21(25)29)8-12-9-16(22)18(26)17(23)10-12/h4-11,26H,3H2,1-2H3,(H,24,27,29)/b15-8-/t11-/m0/s1. The number of aromatic hydroxyl groups is 1. The Labute approximate surface area is 177 Å². The minimum absolute atomic E-state index is 0.0263. The molecule has 150 valence electrons. The van der Waals surface area contributed by atoms with Crippen molar-refractivity contribution in [3.8, 4) is 5.75 Å². The SMILES string of the molecule is CC[C@H](C)c1ccc(N2C(=O)NC(=O)/C(=C/c3cc(Cl)c(O)c(Cl)c3)C2=O)cc1. The van der Waals surface area contributed by atoms with Gasteiger partial charge in [0.25, 0.3) is 11.8 Å². The van der Waals surface area contributed by atoms with E-state index >= 15 is 0 Å². The molecule has 0 radical (unpaired) electrons. The van der Waals surface area contributed by atoms with E-state index < -0.39 is 17.8 Å². The molecule has 1 aliphatic rings. The molecule has 0 spiro atoms. The van der Waals surface area contributed by atoms with Crippen molar-refractivity contribution in [2.45, 2.75) is 26.2 Å². The molecule has 0 saturated carbocycles. The van der Waals surface area contributed by atoms with Crippen molar-refractivity contribution in [1.82, 2.24) is 5.32 Å². The molecule has 1 heterocycles. The fourth-order valence-corrected chi connectivity index (χ4v) is 3.42. The number of phenols is 1. The predicted octanol–water partition coefficient (Wildman–Crippen LogP) is 4.88. The molecular formula is C21H18Cl2N2O4. The summed E-state index contributed by atoms with van der Waals surface area (Å²) in [7, 11) is 0. The molecule has 0 aromatic heterocycles. The van der Waals surface area contributed by atoms with Gasteiger partial charge in [0.2, 0.25) is 0 Å².